The van der Waals surface area contributed by atoms with Crippen LogP contribution in [0, 0.1) is 0 Å². The van der Waals surface area contributed by atoms with Crippen LogP contribution >= 0.6 is 0 Å². The minimum Gasteiger partial charge on any atom is -0.353 e. The summed E-state index contributed by atoms with van der Waals surface area (Å²) >= 11 is 0. The molecule has 0 aromatic heterocycles. The van der Waals surface area contributed by atoms with Crippen LogP contribution in [-0.4, -0.2) is 36.9 Å². The van der Waals surface area contributed by atoms with E-state index in [1.54, 1.807) is 7.05 Å². The van der Waals surface area contributed by atoms with E-state index >= 15 is 0 Å². The zero-order valence-corrected chi connectivity index (χ0v) is 10.7. The van der Waals surface area contributed by atoms with Crippen molar-refractivity contribution in [2.75, 3.05) is 20.1 Å². The Labute approximate surface area is 107 Å². The predicted octanol–water partition coefficient (Wildman–Crippen LogP) is 0.281. The highest BCUT2D eigenvalue weighted by Crippen LogP contribution is 2.07. The number of benzene rings is 1. The van der Waals surface area contributed by atoms with Gasteiger partial charge in [-0.2, -0.15) is 0 Å². The van der Waals surface area contributed by atoms with Crippen LogP contribution in [0.25, 0.3) is 0 Å². The highest BCUT2D eigenvalue weighted by molar-refractivity contribution is 5.83. The van der Waals surface area contributed by atoms with Gasteiger partial charge in [0.1, 0.15) is 0 Å². The monoisotopic (exact) mass is 249 g/mol. The summed E-state index contributed by atoms with van der Waals surface area (Å²) in [6, 6.07) is 9.31. The third-order valence-electron chi connectivity index (χ3n) is 2.67. The first kappa shape index (κ1) is 14.2. The first-order valence-electron chi connectivity index (χ1n) is 5.79. The van der Waals surface area contributed by atoms with Crippen LogP contribution in [0.2, 0.25) is 0 Å². The molecule has 98 valence electrons. The van der Waals surface area contributed by atoms with Gasteiger partial charge in [-0.15, -0.1) is 0 Å². The van der Waals surface area contributed by atoms with E-state index in [4.69, 9.17) is 5.73 Å². The lowest BCUT2D eigenvalue weighted by Gasteiger charge is -2.16. The van der Waals surface area contributed by atoms with E-state index in [0.29, 0.717) is 6.54 Å². The molecule has 1 unspecified atom stereocenters. The molecule has 0 fully saturated rings. The minimum absolute atomic E-state index is 0.0524. The Hall–Kier alpha value is -1.88. The van der Waals surface area contributed by atoms with Crippen molar-refractivity contribution in [2.24, 2.45) is 5.73 Å². The molecule has 0 aliphatic rings. The summed E-state index contributed by atoms with van der Waals surface area (Å²) in [7, 11) is 1.58. The fraction of sp³-hybridized carbons (Fsp3) is 0.385. The number of hydrogen-bond acceptors (Lipinski definition) is 3. The molecule has 1 aromatic carbocycles. The van der Waals surface area contributed by atoms with Gasteiger partial charge in [-0.1, -0.05) is 30.3 Å². The molecule has 1 aromatic rings. The molecule has 5 nitrogen and oxygen atoms in total. The fourth-order valence-electron chi connectivity index (χ4n) is 1.42. The Morgan fingerprint density at radius 3 is 2.50 bits per heavy atom. The van der Waals surface area contributed by atoms with Crippen LogP contribution in [0.15, 0.2) is 30.3 Å². The number of nitrogens with one attached hydrogen (secondary N) is 1. The largest absolute Gasteiger partial charge is 0.353 e. The van der Waals surface area contributed by atoms with Crippen LogP contribution < -0.4 is 11.1 Å². The summed E-state index contributed by atoms with van der Waals surface area (Å²) in [5, 5.41) is 2.71. The lowest BCUT2D eigenvalue weighted by atomic mass is 10.1. The maximum atomic E-state index is 11.5. The molecule has 0 heterocycles. The molecular formula is C13H19N3O2. The van der Waals surface area contributed by atoms with E-state index in [-0.39, 0.29) is 24.4 Å². The zero-order valence-electron chi connectivity index (χ0n) is 10.7. The molecule has 0 bridgehead atoms. The average Bonchev–Trinajstić information content (AvgIpc) is 2.36. The van der Waals surface area contributed by atoms with E-state index in [2.05, 4.69) is 5.32 Å². The Morgan fingerprint density at radius 1 is 1.33 bits per heavy atom. The Bertz CT molecular complexity index is 406. The Morgan fingerprint density at radius 2 is 1.94 bits per heavy atom. The summed E-state index contributed by atoms with van der Waals surface area (Å²) in [5.41, 5.74) is 6.91. The van der Waals surface area contributed by atoms with Crippen molar-refractivity contribution in [1.29, 1.82) is 0 Å². The first-order chi connectivity index (χ1) is 8.50. The summed E-state index contributed by atoms with van der Waals surface area (Å²) in [4.78, 5) is 23.8. The first-order valence-corrected chi connectivity index (χ1v) is 5.79. The van der Waals surface area contributed by atoms with E-state index in [1.807, 2.05) is 30.3 Å². The van der Waals surface area contributed by atoms with Gasteiger partial charge in [-0.3, -0.25) is 9.59 Å². The minimum atomic E-state index is -0.238. The molecule has 0 aliphatic carbocycles. The van der Waals surface area contributed by atoms with Crippen molar-refractivity contribution in [1.82, 2.24) is 10.2 Å². The van der Waals surface area contributed by atoms with E-state index in [9.17, 15) is 9.59 Å². The normalized spacial score (nSPS) is 11.7. The standard InChI is InChI=1S/C13H19N3O2/c1-10(17)16(2)9-13(18)15-8-12(14)11-6-4-3-5-7-11/h3-7,12H,8-9,14H2,1-2H3,(H,15,18). The quantitative estimate of drug-likeness (QED) is 0.787. The van der Waals surface area contributed by atoms with Gasteiger partial charge in [-0.05, 0) is 5.56 Å². The second-order valence-corrected chi connectivity index (χ2v) is 4.20. The van der Waals surface area contributed by atoms with Gasteiger partial charge in [-0.25, -0.2) is 0 Å². The van der Waals surface area contributed by atoms with Gasteiger partial charge in [0.05, 0.1) is 6.54 Å². The molecule has 2 amide bonds. The molecule has 1 atom stereocenters. The summed E-state index contributed by atoms with van der Waals surface area (Å²) in [6.45, 7) is 1.83. The summed E-state index contributed by atoms with van der Waals surface area (Å²) in [6.07, 6.45) is 0. The van der Waals surface area contributed by atoms with Gasteiger partial charge in [0, 0.05) is 26.6 Å². The van der Waals surface area contributed by atoms with Crippen molar-refractivity contribution >= 4 is 11.8 Å². The zero-order chi connectivity index (χ0) is 13.5. The molecule has 0 saturated heterocycles. The van der Waals surface area contributed by atoms with Crippen LogP contribution in [-0.2, 0) is 9.59 Å². The van der Waals surface area contributed by atoms with Gasteiger partial charge in [0.2, 0.25) is 11.8 Å². The number of hydrogen-bond donors (Lipinski definition) is 2. The Kier molecular flexibility index (Phi) is 5.32. The molecule has 0 aliphatic heterocycles. The second kappa shape index (κ2) is 6.76. The highest BCUT2D eigenvalue weighted by Gasteiger charge is 2.10. The van der Waals surface area contributed by atoms with Crippen LogP contribution in [0.1, 0.15) is 18.5 Å². The molecule has 1 rings (SSSR count). The topological polar surface area (TPSA) is 75.4 Å². The molecule has 3 N–H and O–H groups in total. The highest BCUT2D eigenvalue weighted by atomic mass is 16.2. The van der Waals surface area contributed by atoms with Crippen molar-refractivity contribution in [3.63, 3.8) is 0 Å². The van der Waals surface area contributed by atoms with Crippen molar-refractivity contribution in [3.8, 4) is 0 Å². The van der Waals surface area contributed by atoms with E-state index in [0.717, 1.165) is 5.56 Å². The van der Waals surface area contributed by atoms with Gasteiger partial charge >= 0.3 is 0 Å². The number of likely N-dealkylation sites (N-methyl/N-ethyl adjacent to an activating group) is 1. The van der Waals surface area contributed by atoms with Crippen LogP contribution in [0.3, 0.4) is 0 Å². The summed E-state index contributed by atoms with van der Waals surface area (Å²) in [5.74, 6) is -0.350. The molecule has 18 heavy (non-hydrogen) atoms. The summed E-state index contributed by atoms with van der Waals surface area (Å²) < 4.78 is 0. The number of amides is 2. The lowest BCUT2D eigenvalue weighted by Crippen LogP contribution is -2.40. The maximum absolute atomic E-state index is 11.5. The van der Waals surface area contributed by atoms with Crippen LogP contribution in [0.5, 0.6) is 0 Å². The fourth-order valence-corrected chi connectivity index (χ4v) is 1.42. The number of carbonyl (C=O) groups is 2. The Balaban J connectivity index is 2.37. The molecule has 0 radical (unpaired) electrons. The van der Waals surface area contributed by atoms with Crippen molar-refractivity contribution in [2.45, 2.75) is 13.0 Å². The lowest BCUT2D eigenvalue weighted by molar-refractivity contribution is -0.133. The number of nitrogens with two attached hydrogens (primary N) is 1. The second-order valence-electron chi connectivity index (χ2n) is 4.20. The van der Waals surface area contributed by atoms with Crippen LogP contribution in [0.4, 0.5) is 0 Å². The van der Waals surface area contributed by atoms with Gasteiger partial charge in [0.25, 0.3) is 0 Å². The third-order valence-corrected chi connectivity index (χ3v) is 2.67. The molecule has 0 spiro atoms. The predicted molar refractivity (Wildman–Crippen MR) is 69.7 cm³/mol. The van der Waals surface area contributed by atoms with Gasteiger partial charge in [0.15, 0.2) is 0 Å². The van der Waals surface area contributed by atoms with Gasteiger partial charge < -0.3 is 16.0 Å². The maximum Gasteiger partial charge on any atom is 0.239 e. The average molecular weight is 249 g/mol. The number of carbonyl (C=O) groups excluding carboxylic acids is 2. The number of nitrogens with zero attached hydrogens (tertiary/aromatic N) is 1. The van der Waals surface area contributed by atoms with Crippen molar-refractivity contribution < 1.29 is 9.59 Å². The van der Waals surface area contributed by atoms with E-state index in [1.165, 1.54) is 11.8 Å². The molecule has 0 saturated carbocycles. The SMILES string of the molecule is CC(=O)N(C)CC(=O)NCC(N)c1ccccc1. The number of rotatable bonds is 5. The third kappa shape index (κ3) is 4.55. The van der Waals surface area contributed by atoms with Crippen molar-refractivity contribution in [3.05, 3.63) is 35.9 Å². The molecular weight excluding hydrogens is 230 g/mol. The van der Waals surface area contributed by atoms with E-state index < -0.39 is 0 Å². The smallest absolute Gasteiger partial charge is 0.239 e. The molecule has 5 heteroatoms.